The van der Waals surface area contributed by atoms with Crippen molar-refractivity contribution in [3.8, 4) is 10.4 Å². The van der Waals surface area contributed by atoms with Gasteiger partial charge in [0.05, 0.1) is 10.6 Å². The molecule has 1 saturated heterocycles. The topological polar surface area (TPSA) is 46.3 Å². The van der Waals surface area contributed by atoms with E-state index in [4.69, 9.17) is 5.73 Å². The Labute approximate surface area is 123 Å². The van der Waals surface area contributed by atoms with Gasteiger partial charge in [0.15, 0.2) is 0 Å². The molecule has 3 nitrogen and oxygen atoms in total. The van der Waals surface area contributed by atoms with Gasteiger partial charge in [-0.2, -0.15) is 0 Å². The van der Waals surface area contributed by atoms with E-state index < -0.39 is 0 Å². The van der Waals surface area contributed by atoms with Gasteiger partial charge in [0, 0.05) is 18.0 Å². The number of anilines is 1. The minimum Gasteiger partial charge on any atom is -0.390 e. The van der Waals surface area contributed by atoms with Gasteiger partial charge in [0.25, 0.3) is 5.91 Å². The number of piperidine rings is 1. The Bertz CT molecular complexity index is 600. The van der Waals surface area contributed by atoms with Crippen molar-refractivity contribution < 1.29 is 4.79 Å². The zero-order chi connectivity index (χ0) is 13.9. The second-order valence-corrected chi connectivity index (χ2v) is 6.19. The smallest absolute Gasteiger partial charge is 0.256 e. The number of likely N-dealkylation sites (tertiary alicyclic amines) is 1. The van der Waals surface area contributed by atoms with E-state index in [2.05, 4.69) is 0 Å². The summed E-state index contributed by atoms with van der Waals surface area (Å²) >= 11 is 1.49. The van der Waals surface area contributed by atoms with Crippen LogP contribution in [0.25, 0.3) is 10.4 Å². The summed E-state index contributed by atoms with van der Waals surface area (Å²) in [5, 5.41) is 0.624. The predicted octanol–water partition coefficient (Wildman–Crippen LogP) is 3.62. The van der Waals surface area contributed by atoms with Crippen LogP contribution in [0.2, 0.25) is 0 Å². The summed E-state index contributed by atoms with van der Waals surface area (Å²) < 4.78 is 0. The number of carbonyl (C=O) groups is 1. The summed E-state index contributed by atoms with van der Waals surface area (Å²) in [4.78, 5) is 15.5. The van der Waals surface area contributed by atoms with Gasteiger partial charge < -0.3 is 10.6 Å². The second kappa shape index (κ2) is 5.67. The number of carbonyl (C=O) groups excluding carboxylic acids is 1. The highest BCUT2D eigenvalue weighted by atomic mass is 32.1. The molecule has 1 aromatic carbocycles. The molecule has 0 radical (unpaired) electrons. The first-order valence-electron chi connectivity index (χ1n) is 7.00. The Morgan fingerprint density at radius 2 is 1.80 bits per heavy atom. The first-order valence-corrected chi connectivity index (χ1v) is 7.81. The van der Waals surface area contributed by atoms with Crippen LogP contribution in [0.4, 0.5) is 5.00 Å². The highest BCUT2D eigenvalue weighted by Gasteiger charge is 2.22. The van der Waals surface area contributed by atoms with E-state index in [1.807, 2.05) is 41.3 Å². The SMILES string of the molecule is Nc1sc(-c2ccccc2)cc1C(=O)N1CCCCC1. The Morgan fingerprint density at radius 1 is 1.10 bits per heavy atom. The molecule has 1 aromatic heterocycles. The van der Waals surface area contributed by atoms with Crippen LogP contribution in [0.1, 0.15) is 29.6 Å². The lowest BCUT2D eigenvalue weighted by Crippen LogP contribution is -2.35. The molecule has 2 aromatic rings. The van der Waals surface area contributed by atoms with E-state index in [9.17, 15) is 4.79 Å². The largest absolute Gasteiger partial charge is 0.390 e. The highest BCUT2D eigenvalue weighted by molar-refractivity contribution is 7.19. The maximum absolute atomic E-state index is 12.5. The Balaban J connectivity index is 1.87. The van der Waals surface area contributed by atoms with Gasteiger partial charge >= 0.3 is 0 Å². The van der Waals surface area contributed by atoms with E-state index >= 15 is 0 Å². The molecular formula is C16H18N2OS. The Morgan fingerprint density at radius 3 is 2.50 bits per heavy atom. The van der Waals surface area contributed by atoms with Gasteiger partial charge in [-0.25, -0.2) is 0 Å². The summed E-state index contributed by atoms with van der Waals surface area (Å²) in [7, 11) is 0. The van der Waals surface area contributed by atoms with Crippen molar-refractivity contribution in [2.45, 2.75) is 19.3 Å². The average Bonchev–Trinajstić information content (AvgIpc) is 2.90. The average molecular weight is 286 g/mol. The number of hydrogen-bond acceptors (Lipinski definition) is 3. The number of nitrogens with zero attached hydrogens (tertiary/aromatic N) is 1. The molecule has 20 heavy (non-hydrogen) atoms. The van der Waals surface area contributed by atoms with E-state index in [1.165, 1.54) is 17.8 Å². The molecule has 1 amide bonds. The molecule has 0 unspecified atom stereocenters. The van der Waals surface area contributed by atoms with Crippen LogP contribution in [0.15, 0.2) is 36.4 Å². The summed E-state index contributed by atoms with van der Waals surface area (Å²) in [6.07, 6.45) is 3.42. The van der Waals surface area contributed by atoms with Crippen LogP contribution >= 0.6 is 11.3 Å². The lowest BCUT2D eigenvalue weighted by molar-refractivity contribution is 0.0726. The predicted molar refractivity (Wildman–Crippen MR) is 83.9 cm³/mol. The third-order valence-electron chi connectivity index (χ3n) is 3.69. The number of thiophene rings is 1. The fourth-order valence-corrected chi connectivity index (χ4v) is 3.51. The standard InChI is InChI=1S/C16H18N2OS/c17-15-13(16(19)18-9-5-2-6-10-18)11-14(20-15)12-7-3-1-4-8-12/h1,3-4,7-8,11H,2,5-6,9-10,17H2. The molecule has 4 heteroatoms. The second-order valence-electron chi connectivity index (χ2n) is 5.11. The molecule has 1 fully saturated rings. The summed E-state index contributed by atoms with van der Waals surface area (Å²) in [6.45, 7) is 1.71. The molecule has 104 valence electrons. The van der Waals surface area contributed by atoms with Crippen LogP contribution in [-0.2, 0) is 0 Å². The molecule has 2 heterocycles. The fourth-order valence-electron chi connectivity index (χ4n) is 2.58. The van der Waals surface area contributed by atoms with E-state index in [1.54, 1.807) is 0 Å². The van der Waals surface area contributed by atoms with Gasteiger partial charge in [-0.15, -0.1) is 11.3 Å². The molecule has 0 aliphatic carbocycles. The van der Waals surface area contributed by atoms with Crippen LogP contribution in [-0.4, -0.2) is 23.9 Å². The maximum Gasteiger partial charge on any atom is 0.256 e. The van der Waals surface area contributed by atoms with E-state index in [0.717, 1.165) is 36.4 Å². The van der Waals surface area contributed by atoms with Gasteiger partial charge in [0.2, 0.25) is 0 Å². The number of benzene rings is 1. The summed E-state index contributed by atoms with van der Waals surface area (Å²) in [5.41, 5.74) is 7.83. The molecule has 2 N–H and O–H groups in total. The van der Waals surface area contributed by atoms with E-state index in [-0.39, 0.29) is 5.91 Å². The molecule has 0 atom stereocenters. The number of amides is 1. The highest BCUT2D eigenvalue weighted by Crippen LogP contribution is 2.34. The Hall–Kier alpha value is -1.81. The van der Waals surface area contributed by atoms with Crippen molar-refractivity contribution in [2.75, 3.05) is 18.8 Å². The van der Waals surface area contributed by atoms with Gasteiger partial charge in [0.1, 0.15) is 0 Å². The van der Waals surface area contributed by atoms with Crippen molar-refractivity contribution in [2.24, 2.45) is 0 Å². The van der Waals surface area contributed by atoms with Crippen LogP contribution in [0.3, 0.4) is 0 Å². The molecule has 3 rings (SSSR count). The van der Waals surface area contributed by atoms with Gasteiger partial charge in [-0.3, -0.25) is 4.79 Å². The molecule has 0 bridgehead atoms. The number of hydrogen-bond donors (Lipinski definition) is 1. The van der Waals surface area contributed by atoms with Crippen molar-refractivity contribution >= 4 is 22.2 Å². The summed E-state index contributed by atoms with van der Waals surface area (Å²) in [6, 6.07) is 12.0. The third kappa shape index (κ3) is 2.56. The zero-order valence-corrected chi connectivity index (χ0v) is 12.2. The van der Waals surface area contributed by atoms with Crippen molar-refractivity contribution in [1.82, 2.24) is 4.90 Å². The van der Waals surface area contributed by atoms with Crippen molar-refractivity contribution in [3.63, 3.8) is 0 Å². The molecule has 0 spiro atoms. The maximum atomic E-state index is 12.5. The van der Waals surface area contributed by atoms with Gasteiger partial charge in [-0.1, -0.05) is 30.3 Å². The molecule has 1 aliphatic rings. The molecule has 1 aliphatic heterocycles. The van der Waals surface area contributed by atoms with Crippen LogP contribution in [0.5, 0.6) is 0 Å². The van der Waals surface area contributed by atoms with Crippen LogP contribution in [0, 0.1) is 0 Å². The van der Waals surface area contributed by atoms with Crippen LogP contribution < -0.4 is 5.73 Å². The molecule has 0 saturated carbocycles. The monoisotopic (exact) mass is 286 g/mol. The lowest BCUT2D eigenvalue weighted by atomic mass is 10.1. The fraction of sp³-hybridized carbons (Fsp3) is 0.312. The molecular weight excluding hydrogens is 268 g/mol. The Kier molecular flexibility index (Phi) is 3.74. The zero-order valence-electron chi connectivity index (χ0n) is 11.3. The first kappa shape index (κ1) is 13.2. The normalized spacial score (nSPS) is 15.3. The minimum atomic E-state index is 0.0839. The quantitative estimate of drug-likeness (QED) is 0.916. The number of nitrogens with two attached hydrogens (primary N) is 1. The number of rotatable bonds is 2. The van der Waals surface area contributed by atoms with Crippen molar-refractivity contribution in [1.29, 1.82) is 0 Å². The minimum absolute atomic E-state index is 0.0839. The first-order chi connectivity index (χ1) is 9.75. The lowest BCUT2D eigenvalue weighted by Gasteiger charge is -2.26. The number of nitrogen functional groups attached to an aromatic ring is 1. The van der Waals surface area contributed by atoms with E-state index in [0.29, 0.717) is 10.6 Å². The van der Waals surface area contributed by atoms with Gasteiger partial charge in [-0.05, 0) is 30.9 Å². The summed E-state index contributed by atoms with van der Waals surface area (Å²) in [5.74, 6) is 0.0839. The van der Waals surface area contributed by atoms with Crippen molar-refractivity contribution in [3.05, 3.63) is 42.0 Å². The third-order valence-corrected chi connectivity index (χ3v) is 4.71.